The Kier molecular flexibility index (Phi) is 10.5. The number of amides is 2. The van der Waals surface area contributed by atoms with Crippen molar-refractivity contribution in [1.82, 2.24) is 30.4 Å². The van der Waals surface area contributed by atoms with Gasteiger partial charge in [0.2, 0.25) is 11.9 Å². The predicted molar refractivity (Wildman–Crippen MR) is 159 cm³/mol. The average molecular weight is 613 g/mol. The van der Waals surface area contributed by atoms with Gasteiger partial charge in [-0.3, -0.25) is 19.4 Å². The van der Waals surface area contributed by atoms with Gasteiger partial charge in [0.05, 0.1) is 23.6 Å². The minimum Gasteiger partial charge on any atom is -0.395 e. The monoisotopic (exact) mass is 612 g/mol. The molecule has 0 aromatic carbocycles. The third kappa shape index (κ3) is 8.37. The van der Waals surface area contributed by atoms with Crippen molar-refractivity contribution >= 4 is 41.0 Å². The molecule has 1 aliphatic carbocycles. The molecule has 1 atom stereocenters. The van der Waals surface area contributed by atoms with Crippen LogP contribution in [0.15, 0.2) is 40.6 Å². The van der Waals surface area contributed by atoms with Crippen molar-refractivity contribution in [3.63, 3.8) is 0 Å². The van der Waals surface area contributed by atoms with E-state index in [1.165, 1.54) is 30.9 Å². The Morgan fingerprint density at radius 3 is 2.63 bits per heavy atom. The van der Waals surface area contributed by atoms with Gasteiger partial charge in [-0.25, -0.2) is 19.0 Å². The summed E-state index contributed by atoms with van der Waals surface area (Å²) >= 11 is 1.15. The van der Waals surface area contributed by atoms with E-state index in [1.807, 2.05) is 13.8 Å². The van der Waals surface area contributed by atoms with Crippen LogP contribution in [0.5, 0.6) is 0 Å². The fourth-order valence-corrected chi connectivity index (χ4v) is 5.44. The predicted octanol–water partition coefficient (Wildman–Crippen LogP) is 4.33. The summed E-state index contributed by atoms with van der Waals surface area (Å²) in [4.78, 5) is 50.3. The van der Waals surface area contributed by atoms with Crippen molar-refractivity contribution < 1.29 is 23.2 Å². The third-order valence-corrected chi connectivity index (χ3v) is 7.66. The number of nitrogens with one attached hydrogen (secondary N) is 2. The highest BCUT2D eigenvalue weighted by Crippen LogP contribution is 2.24. The van der Waals surface area contributed by atoms with E-state index in [0.29, 0.717) is 17.0 Å². The number of nitrogens with zero attached hydrogens (tertiary/aromatic N) is 5. The molecule has 1 unspecified atom stereocenters. The minimum absolute atomic E-state index is 0.0228. The second kappa shape index (κ2) is 14.2. The second-order valence-corrected chi connectivity index (χ2v) is 11.6. The lowest BCUT2D eigenvalue weighted by molar-refractivity contribution is -0.119. The van der Waals surface area contributed by atoms with Gasteiger partial charge in [-0.05, 0) is 37.3 Å². The molecule has 3 aromatic heterocycles. The number of thiazole rings is 1. The average Bonchev–Trinajstić information content (AvgIpc) is 3.66. The van der Waals surface area contributed by atoms with Gasteiger partial charge >= 0.3 is 0 Å². The summed E-state index contributed by atoms with van der Waals surface area (Å²) < 4.78 is 29.5. The normalized spacial score (nSPS) is 15.4. The van der Waals surface area contributed by atoms with Gasteiger partial charge in [0.1, 0.15) is 22.4 Å². The number of aliphatic imine (C=N–C) groups is 1. The van der Waals surface area contributed by atoms with Crippen LogP contribution in [0.4, 0.5) is 8.78 Å². The van der Waals surface area contributed by atoms with Crippen molar-refractivity contribution in [2.24, 2.45) is 16.6 Å². The molecule has 0 bridgehead atoms. The number of aromatic nitrogens is 4. The molecule has 1 aliphatic rings. The van der Waals surface area contributed by atoms with Gasteiger partial charge in [0, 0.05) is 30.3 Å². The quantitative estimate of drug-likeness (QED) is 0.227. The Morgan fingerprint density at radius 2 is 1.93 bits per heavy atom. The number of rotatable bonds is 10. The molecule has 43 heavy (non-hydrogen) atoms. The summed E-state index contributed by atoms with van der Waals surface area (Å²) in [5, 5.41) is 11.4. The highest BCUT2D eigenvalue weighted by atomic mass is 32.1. The van der Waals surface area contributed by atoms with Gasteiger partial charge in [0.25, 0.3) is 11.8 Å². The van der Waals surface area contributed by atoms with Crippen LogP contribution in [-0.4, -0.2) is 55.8 Å². The summed E-state index contributed by atoms with van der Waals surface area (Å²) in [6, 6.07) is 1.05. The summed E-state index contributed by atoms with van der Waals surface area (Å²) in [5.41, 5.74) is 5.93. The standard InChI is InChI=1S/C29H34F2N8O3S/c1-16(2)11-21(35-17(3)40)29(42)39-14-18(12-34-39)28-37-23(15-43-28)27(41)36-22(13-33-19-7-5-4-6-8-19)25(32)26-20(30)9-10-24(31)38-26/h9-10,12-16,19,21H,4-8,11,32H2,1-3H3,(H,35,40)(H,36,41)/b25-22+,33-13?. The Balaban J connectivity index is 1.56. The van der Waals surface area contributed by atoms with Gasteiger partial charge in [-0.15, -0.1) is 11.3 Å². The third-order valence-electron chi connectivity index (χ3n) is 6.77. The Morgan fingerprint density at radius 1 is 1.19 bits per heavy atom. The van der Waals surface area contributed by atoms with Gasteiger partial charge in [-0.2, -0.15) is 9.49 Å². The smallest absolute Gasteiger partial charge is 0.275 e. The van der Waals surface area contributed by atoms with Crippen LogP contribution in [0.3, 0.4) is 0 Å². The molecule has 4 N–H and O–H groups in total. The second-order valence-electron chi connectivity index (χ2n) is 10.7. The Hall–Kier alpha value is -4.33. The molecule has 0 saturated heterocycles. The topological polar surface area (TPSA) is 157 Å². The number of nitrogens with two attached hydrogens (primary N) is 1. The molecule has 11 nitrogen and oxygen atoms in total. The first-order chi connectivity index (χ1) is 20.5. The zero-order valence-electron chi connectivity index (χ0n) is 24.1. The fourth-order valence-electron chi connectivity index (χ4n) is 4.66. The fraction of sp³-hybridized carbons (Fsp3) is 0.414. The van der Waals surface area contributed by atoms with E-state index >= 15 is 0 Å². The summed E-state index contributed by atoms with van der Waals surface area (Å²) in [5.74, 6) is -3.00. The van der Waals surface area contributed by atoms with Crippen molar-refractivity contribution in [2.45, 2.75) is 71.4 Å². The molecule has 1 saturated carbocycles. The lowest BCUT2D eigenvalue weighted by Gasteiger charge is -2.18. The zero-order valence-corrected chi connectivity index (χ0v) is 25.0. The summed E-state index contributed by atoms with van der Waals surface area (Å²) in [7, 11) is 0. The van der Waals surface area contributed by atoms with E-state index in [2.05, 4.69) is 30.7 Å². The van der Waals surface area contributed by atoms with E-state index in [9.17, 15) is 23.2 Å². The molecular weight excluding hydrogens is 578 g/mol. The van der Waals surface area contributed by atoms with Crippen molar-refractivity contribution in [3.8, 4) is 10.6 Å². The summed E-state index contributed by atoms with van der Waals surface area (Å²) in [6.45, 7) is 5.23. The van der Waals surface area contributed by atoms with Crippen molar-refractivity contribution in [1.29, 1.82) is 0 Å². The number of carbonyl (C=O) groups is 3. The number of hydrogen-bond acceptors (Lipinski definition) is 9. The van der Waals surface area contributed by atoms with Crippen LogP contribution in [0, 0.1) is 17.7 Å². The van der Waals surface area contributed by atoms with Crippen LogP contribution in [0.1, 0.15) is 80.3 Å². The van der Waals surface area contributed by atoms with E-state index < -0.39 is 35.3 Å². The summed E-state index contributed by atoms with van der Waals surface area (Å²) in [6.07, 6.45) is 9.65. The number of hydrogen-bond donors (Lipinski definition) is 3. The number of pyridine rings is 1. The van der Waals surface area contributed by atoms with E-state index in [0.717, 1.165) is 60.3 Å². The minimum atomic E-state index is -0.926. The molecule has 4 rings (SSSR count). The van der Waals surface area contributed by atoms with Crippen LogP contribution in [0.2, 0.25) is 0 Å². The molecule has 228 valence electrons. The molecule has 0 radical (unpaired) electrons. The maximum atomic E-state index is 14.5. The van der Waals surface area contributed by atoms with Crippen LogP contribution in [0.25, 0.3) is 16.3 Å². The highest BCUT2D eigenvalue weighted by Gasteiger charge is 2.24. The van der Waals surface area contributed by atoms with Crippen molar-refractivity contribution in [2.75, 3.05) is 0 Å². The zero-order chi connectivity index (χ0) is 31.1. The van der Waals surface area contributed by atoms with E-state index in [4.69, 9.17) is 5.73 Å². The molecule has 2 amide bonds. The maximum Gasteiger partial charge on any atom is 0.275 e. The van der Waals surface area contributed by atoms with Gasteiger partial charge < -0.3 is 16.4 Å². The van der Waals surface area contributed by atoms with Gasteiger partial charge in [0.15, 0.2) is 5.82 Å². The first-order valence-corrected chi connectivity index (χ1v) is 14.9. The van der Waals surface area contributed by atoms with Crippen LogP contribution in [-0.2, 0) is 4.79 Å². The lowest BCUT2D eigenvalue weighted by atomic mass is 9.96. The first-order valence-electron chi connectivity index (χ1n) is 14.0. The molecule has 0 spiro atoms. The first kappa shape index (κ1) is 31.6. The molecule has 3 heterocycles. The Labute approximate surface area is 251 Å². The number of carbonyl (C=O) groups excluding carboxylic acids is 3. The number of halogens is 2. The maximum absolute atomic E-state index is 14.5. The molecule has 0 aliphatic heterocycles. The lowest BCUT2D eigenvalue weighted by Crippen LogP contribution is -2.43. The van der Waals surface area contributed by atoms with Crippen LogP contribution < -0.4 is 16.4 Å². The van der Waals surface area contributed by atoms with Crippen LogP contribution >= 0.6 is 11.3 Å². The largest absolute Gasteiger partial charge is 0.395 e. The molecule has 1 fully saturated rings. The number of allylic oxidation sites excluding steroid dienone is 1. The molecule has 3 aromatic rings. The van der Waals surface area contributed by atoms with Gasteiger partial charge in [-0.1, -0.05) is 33.1 Å². The molecule has 14 heteroatoms. The van der Waals surface area contributed by atoms with E-state index in [-0.39, 0.29) is 35.0 Å². The molecular formula is C29H34F2N8O3S. The van der Waals surface area contributed by atoms with Crippen molar-refractivity contribution in [3.05, 3.63) is 58.8 Å². The van der Waals surface area contributed by atoms with E-state index in [1.54, 1.807) is 0 Å². The highest BCUT2D eigenvalue weighted by molar-refractivity contribution is 7.13. The SMILES string of the molecule is CC(=O)NC(CC(C)C)C(=O)n1cc(-c2nc(C(=O)N/C(C=NC3CCCCC3)=C(/N)c3nc(F)ccc3F)cs2)cn1. The Bertz CT molecular complexity index is 1540.